The van der Waals surface area contributed by atoms with E-state index in [0.717, 1.165) is 0 Å². The second-order valence-corrected chi connectivity index (χ2v) is 7.08. The lowest BCUT2D eigenvalue weighted by molar-refractivity contribution is -0.141. The molecule has 1 aromatic heterocycles. The molecule has 0 fully saturated rings. The van der Waals surface area contributed by atoms with E-state index in [1.54, 1.807) is 37.3 Å². The van der Waals surface area contributed by atoms with Crippen molar-refractivity contribution in [3.05, 3.63) is 74.6 Å². The molecule has 1 unspecified atom stereocenters. The highest BCUT2D eigenvalue weighted by atomic mass is 35.5. The van der Waals surface area contributed by atoms with Crippen molar-refractivity contribution in [2.75, 3.05) is 0 Å². The maximum Gasteiger partial charge on any atom is 0.340 e. The number of carbonyl (C=O) groups excluding carboxylic acids is 1. The van der Waals surface area contributed by atoms with Crippen molar-refractivity contribution >= 4 is 34.4 Å². The molecule has 0 saturated carbocycles. The number of benzene rings is 2. The summed E-state index contributed by atoms with van der Waals surface area (Å²) in [6.45, 7) is 1.67. The summed E-state index contributed by atoms with van der Waals surface area (Å²) in [5.74, 6) is -1.84. The summed E-state index contributed by atoms with van der Waals surface area (Å²) in [5.41, 5.74) is 0.874. The number of phenols is 1. The number of fused-ring (bicyclic) bond motifs is 1. The molecule has 0 aliphatic heterocycles. The number of carboxylic acids is 1. The first-order chi connectivity index (χ1) is 13.7. The number of nitrogens with one attached hydrogen (secondary N) is 1. The normalized spacial score (nSPS) is 11.9. The molecule has 0 spiro atoms. The van der Waals surface area contributed by atoms with Crippen LogP contribution in [0.1, 0.15) is 16.7 Å². The Labute approximate surface area is 170 Å². The number of halogens is 1. The maximum atomic E-state index is 12.5. The van der Waals surface area contributed by atoms with Crippen LogP contribution in [0.4, 0.5) is 0 Å². The van der Waals surface area contributed by atoms with E-state index >= 15 is 0 Å². The molecule has 0 saturated heterocycles. The lowest BCUT2D eigenvalue weighted by atomic mass is 10.0. The molecule has 29 heavy (non-hydrogen) atoms. The number of aliphatic carboxylic acids is 1. The Hall–Kier alpha value is -3.32. The second kappa shape index (κ2) is 8.36. The average Bonchev–Trinajstić information content (AvgIpc) is 2.66. The fourth-order valence-electron chi connectivity index (χ4n) is 3.05. The highest BCUT2D eigenvalue weighted by Gasteiger charge is 2.22. The lowest BCUT2D eigenvalue weighted by Crippen LogP contribution is -2.43. The van der Waals surface area contributed by atoms with E-state index in [4.69, 9.17) is 16.0 Å². The van der Waals surface area contributed by atoms with E-state index in [9.17, 15) is 24.6 Å². The summed E-state index contributed by atoms with van der Waals surface area (Å²) in [4.78, 5) is 36.3. The van der Waals surface area contributed by atoms with Gasteiger partial charge in [0.1, 0.15) is 17.4 Å². The van der Waals surface area contributed by atoms with Crippen LogP contribution < -0.4 is 10.9 Å². The van der Waals surface area contributed by atoms with Crippen LogP contribution in [0, 0.1) is 6.92 Å². The smallest absolute Gasteiger partial charge is 0.340 e. The van der Waals surface area contributed by atoms with Gasteiger partial charge in [0.2, 0.25) is 5.91 Å². The number of aromatic hydroxyl groups is 1. The van der Waals surface area contributed by atoms with Crippen molar-refractivity contribution in [1.82, 2.24) is 5.32 Å². The van der Waals surface area contributed by atoms with Crippen molar-refractivity contribution in [1.29, 1.82) is 0 Å². The highest BCUT2D eigenvalue weighted by molar-refractivity contribution is 6.30. The van der Waals surface area contributed by atoms with Gasteiger partial charge in [-0.3, -0.25) is 4.79 Å². The molecule has 1 heterocycles. The van der Waals surface area contributed by atoms with Gasteiger partial charge in [0.25, 0.3) is 0 Å². The van der Waals surface area contributed by atoms with Gasteiger partial charge in [0.05, 0.1) is 12.0 Å². The second-order valence-electron chi connectivity index (χ2n) is 6.64. The van der Waals surface area contributed by atoms with Gasteiger partial charge < -0.3 is 19.9 Å². The van der Waals surface area contributed by atoms with Crippen LogP contribution in [0.15, 0.2) is 51.7 Å². The SMILES string of the molecule is Cc1c(CC(=O)NC(Cc2ccc(Cl)cc2)C(=O)O)c(=O)oc2cc(O)ccc12. The molecule has 0 bridgehead atoms. The molecule has 3 rings (SSSR count). The third-order valence-corrected chi connectivity index (χ3v) is 4.85. The summed E-state index contributed by atoms with van der Waals surface area (Å²) in [6.07, 6.45) is -0.252. The van der Waals surface area contributed by atoms with Crippen LogP contribution in [-0.2, 0) is 22.4 Å². The quantitative estimate of drug-likeness (QED) is 0.533. The molecule has 0 radical (unpaired) electrons. The zero-order valence-corrected chi connectivity index (χ0v) is 16.2. The number of hydrogen-bond acceptors (Lipinski definition) is 5. The number of rotatable bonds is 6. The summed E-state index contributed by atoms with van der Waals surface area (Å²) >= 11 is 5.83. The van der Waals surface area contributed by atoms with E-state index in [1.807, 2.05) is 0 Å². The molecule has 1 amide bonds. The molecule has 0 aliphatic carbocycles. The highest BCUT2D eigenvalue weighted by Crippen LogP contribution is 2.23. The van der Waals surface area contributed by atoms with Gasteiger partial charge in [-0.15, -0.1) is 0 Å². The minimum absolute atomic E-state index is 0.0444. The first kappa shape index (κ1) is 20.4. The van der Waals surface area contributed by atoms with E-state index in [2.05, 4.69) is 5.32 Å². The van der Waals surface area contributed by atoms with Crippen LogP contribution in [-0.4, -0.2) is 28.1 Å². The van der Waals surface area contributed by atoms with Crippen LogP contribution in [0.5, 0.6) is 5.75 Å². The third-order valence-electron chi connectivity index (χ3n) is 4.59. The zero-order valence-electron chi connectivity index (χ0n) is 15.4. The van der Waals surface area contributed by atoms with Crippen LogP contribution in [0.3, 0.4) is 0 Å². The predicted molar refractivity (Wildman–Crippen MR) is 107 cm³/mol. The summed E-state index contributed by atoms with van der Waals surface area (Å²) in [6, 6.07) is 9.84. The van der Waals surface area contributed by atoms with Crippen molar-refractivity contribution < 1.29 is 24.2 Å². The Bertz CT molecular complexity index is 1140. The van der Waals surface area contributed by atoms with Gasteiger partial charge in [-0.1, -0.05) is 23.7 Å². The molecule has 150 valence electrons. The third kappa shape index (κ3) is 4.75. The van der Waals surface area contributed by atoms with E-state index in [-0.39, 0.29) is 29.7 Å². The zero-order chi connectivity index (χ0) is 21.1. The molecule has 1 atom stereocenters. The van der Waals surface area contributed by atoms with E-state index < -0.39 is 23.5 Å². The Morgan fingerprint density at radius 3 is 2.52 bits per heavy atom. The van der Waals surface area contributed by atoms with Gasteiger partial charge in [0.15, 0.2) is 0 Å². The molecule has 0 aliphatic rings. The first-order valence-electron chi connectivity index (χ1n) is 8.76. The molecular weight excluding hydrogens is 398 g/mol. The monoisotopic (exact) mass is 415 g/mol. The number of phenolic OH excluding ortho intramolecular Hbond substituents is 1. The Balaban J connectivity index is 1.79. The molecule has 2 aromatic carbocycles. The Kier molecular flexibility index (Phi) is 5.89. The summed E-state index contributed by atoms with van der Waals surface area (Å²) in [5, 5.41) is 22.5. The van der Waals surface area contributed by atoms with E-state index in [1.165, 1.54) is 12.1 Å². The van der Waals surface area contributed by atoms with Gasteiger partial charge in [-0.25, -0.2) is 9.59 Å². The summed E-state index contributed by atoms with van der Waals surface area (Å²) in [7, 11) is 0. The summed E-state index contributed by atoms with van der Waals surface area (Å²) < 4.78 is 5.19. The van der Waals surface area contributed by atoms with Gasteiger partial charge in [-0.2, -0.15) is 0 Å². The number of carboxylic acid groups (broad SMARTS) is 1. The number of amides is 1. The lowest BCUT2D eigenvalue weighted by Gasteiger charge is -2.15. The fourth-order valence-corrected chi connectivity index (χ4v) is 3.18. The molecule has 3 aromatic rings. The van der Waals surface area contributed by atoms with Crippen molar-refractivity contribution in [2.45, 2.75) is 25.8 Å². The van der Waals surface area contributed by atoms with Gasteiger partial charge in [0, 0.05) is 22.9 Å². The topological polar surface area (TPSA) is 117 Å². The molecule has 3 N–H and O–H groups in total. The minimum atomic E-state index is -1.19. The predicted octanol–water partition coefficient (Wildman–Crippen LogP) is 2.82. The van der Waals surface area contributed by atoms with Gasteiger partial charge >= 0.3 is 11.6 Å². The molecule has 8 heteroatoms. The Morgan fingerprint density at radius 1 is 1.17 bits per heavy atom. The number of hydrogen-bond donors (Lipinski definition) is 3. The van der Waals surface area contributed by atoms with Gasteiger partial charge in [-0.05, 0) is 42.3 Å². The van der Waals surface area contributed by atoms with Crippen LogP contribution in [0.2, 0.25) is 5.02 Å². The van der Waals surface area contributed by atoms with Crippen molar-refractivity contribution in [2.24, 2.45) is 0 Å². The number of carbonyl (C=O) groups is 2. The Morgan fingerprint density at radius 2 is 1.86 bits per heavy atom. The average molecular weight is 416 g/mol. The van der Waals surface area contributed by atoms with E-state index in [0.29, 0.717) is 21.5 Å². The standard InChI is InChI=1S/C21H18ClNO6/c1-11-15-7-6-14(24)9-18(15)29-21(28)16(11)10-19(25)23-17(20(26)27)8-12-2-4-13(22)5-3-12/h2-7,9,17,24H,8,10H2,1H3,(H,23,25)(H,26,27). The minimum Gasteiger partial charge on any atom is -0.508 e. The first-order valence-corrected chi connectivity index (χ1v) is 9.14. The number of aryl methyl sites for hydroxylation is 1. The van der Waals surface area contributed by atoms with Crippen molar-refractivity contribution in [3.8, 4) is 5.75 Å². The molecular formula is C21H18ClNO6. The largest absolute Gasteiger partial charge is 0.508 e. The van der Waals surface area contributed by atoms with Crippen molar-refractivity contribution in [3.63, 3.8) is 0 Å². The van der Waals surface area contributed by atoms with Crippen LogP contribution >= 0.6 is 11.6 Å². The maximum absolute atomic E-state index is 12.5. The van der Waals surface area contributed by atoms with Crippen LogP contribution in [0.25, 0.3) is 11.0 Å². The molecule has 7 nitrogen and oxygen atoms in total. The fraction of sp³-hybridized carbons (Fsp3) is 0.190.